The van der Waals surface area contributed by atoms with Gasteiger partial charge in [0.15, 0.2) is 5.75 Å². The van der Waals surface area contributed by atoms with Crippen molar-refractivity contribution in [3.8, 4) is 5.75 Å². The predicted molar refractivity (Wildman–Crippen MR) is 69.4 cm³/mol. The third-order valence-corrected chi connectivity index (χ3v) is 2.77. The standard InChI is InChI=1S/C14H15NO4/c1-4-18-14(17)12-9(2)15-8-6-5-7-11(15)13(12)19-10(3)16/h5-8H,4H2,1-3H3. The second-order valence-corrected chi connectivity index (χ2v) is 4.06. The van der Waals surface area contributed by atoms with Gasteiger partial charge in [0, 0.05) is 18.8 Å². The SMILES string of the molecule is CCOC(=O)c1c(OC(C)=O)c2ccccn2c1C. The Labute approximate surface area is 110 Å². The van der Waals surface area contributed by atoms with Gasteiger partial charge < -0.3 is 13.9 Å². The van der Waals surface area contributed by atoms with Crippen molar-refractivity contribution in [2.45, 2.75) is 20.8 Å². The Hall–Kier alpha value is -2.30. The van der Waals surface area contributed by atoms with E-state index >= 15 is 0 Å². The maximum absolute atomic E-state index is 12.0. The van der Waals surface area contributed by atoms with Crippen LogP contribution in [0.1, 0.15) is 29.9 Å². The largest absolute Gasteiger partial charge is 0.462 e. The van der Waals surface area contributed by atoms with Gasteiger partial charge >= 0.3 is 11.9 Å². The minimum atomic E-state index is -0.486. The van der Waals surface area contributed by atoms with Crippen LogP contribution in [-0.2, 0) is 9.53 Å². The summed E-state index contributed by atoms with van der Waals surface area (Å²) < 4.78 is 12.0. The van der Waals surface area contributed by atoms with Crippen molar-refractivity contribution in [2.75, 3.05) is 6.61 Å². The van der Waals surface area contributed by atoms with Gasteiger partial charge in [-0.25, -0.2) is 4.79 Å². The number of rotatable bonds is 3. The van der Waals surface area contributed by atoms with Crippen LogP contribution in [0.3, 0.4) is 0 Å². The van der Waals surface area contributed by atoms with Crippen LogP contribution < -0.4 is 4.74 Å². The van der Waals surface area contributed by atoms with Crippen molar-refractivity contribution in [3.05, 3.63) is 35.7 Å². The number of ether oxygens (including phenoxy) is 2. The van der Waals surface area contributed by atoms with Crippen molar-refractivity contribution in [1.29, 1.82) is 0 Å². The van der Waals surface area contributed by atoms with Crippen molar-refractivity contribution in [1.82, 2.24) is 4.40 Å². The summed E-state index contributed by atoms with van der Waals surface area (Å²) in [6.07, 6.45) is 1.81. The predicted octanol–water partition coefficient (Wildman–Crippen LogP) is 2.35. The topological polar surface area (TPSA) is 57.0 Å². The zero-order valence-corrected chi connectivity index (χ0v) is 11.1. The summed E-state index contributed by atoms with van der Waals surface area (Å²) in [5, 5.41) is 0. The highest BCUT2D eigenvalue weighted by molar-refractivity contribution is 5.98. The Bertz CT molecular complexity index is 642. The van der Waals surface area contributed by atoms with E-state index in [0.717, 1.165) is 0 Å². The first-order valence-corrected chi connectivity index (χ1v) is 6.01. The van der Waals surface area contributed by atoms with E-state index in [4.69, 9.17) is 9.47 Å². The lowest BCUT2D eigenvalue weighted by Crippen LogP contribution is -2.09. The average Bonchev–Trinajstić information content (AvgIpc) is 2.63. The molecule has 0 amide bonds. The number of hydrogen-bond donors (Lipinski definition) is 0. The highest BCUT2D eigenvalue weighted by atomic mass is 16.5. The molecule has 0 saturated heterocycles. The maximum Gasteiger partial charge on any atom is 0.343 e. The normalized spacial score (nSPS) is 10.5. The van der Waals surface area contributed by atoms with E-state index in [9.17, 15) is 9.59 Å². The molecule has 0 spiro atoms. The number of carbonyl (C=O) groups excluding carboxylic acids is 2. The second-order valence-electron chi connectivity index (χ2n) is 4.06. The molecule has 0 aliphatic rings. The Morgan fingerprint density at radius 2 is 2.05 bits per heavy atom. The van der Waals surface area contributed by atoms with Crippen molar-refractivity contribution in [3.63, 3.8) is 0 Å². The fourth-order valence-electron chi connectivity index (χ4n) is 2.02. The molecule has 0 unspecified atom stereocenters. The molecule has 0 radical (unpaired) electrons. The van der Waals surface area contributed by atoms with Gasteiger partial charge in [0.05, 0.1) is 12.1 Å². The van der Waals surface area contributed by atoms with Crippen LogP contribution in [0.5, 0.6) is 5.75 Å². The number of esters is 2. The second kappa shape index (κ2) is 5.14. The van der Waals surface area contributed by atoms with Crippen molar-refractivity contribution < 1.29 is 19.1 Å². The molecule has 0 N–H and O–H groups in total. The summed E-state index contributed by atoms with van der Waals surface area (Å²) in [4.78, 5) is 23.2. The van der Waals surface area contributed by atoms with Crippen LogP contribution in [0, 0.1) is 6.92 Å². The van der Waals surface area contributed by atoms with E-state index in [1.54, 1.807) is 30.5 Å². The van der Waals surface area contributed by atoms with Crippen LogP contribution in [0.25, 0.3) is 5.52 Å². The molecule has 2 rings (SSSR count). The van der Waals surface area contributed by atoms with E-state index in [1.807, 2.05) is 12.1 Å². The van der Waals surface area contributed by atoms with Crippen LogP contribution in [-0.4, -0.2) is 22.9 Å². The molecular formula is C14H15NO4. The van der Waals surface area contributed by atoms with E-state index in [2.05, 4.69) is 0 Å². The molecule has 19 heavy (non-hydrogen) atoms. The van der Waals surface area contributed by atoms with Gasteiger partial charge in [0.1, 0.15) is 5.56 Å². The molecule has 0 fully saturated rings. The number of fused-ring (bicyclic) bond motifs is 1. The Kier molecular flexibility index (Phi) is 3.55. The number of aryl methyl sites for hydroxylation is 1. The lowest BCUT2D eigenvalue weighted by Gasteiger charge is -2.04. The molecule has 2 aromatic heterocycles. The van der Waals surface area contributed by atoms with Gasteiger partial charge in [0.25, 0.3) is 0 Å². The lowest BCUT2D eigenvalue weighted by atomic mass is 10.2. The van der Waals surface area contributed by atoms with E-state index in [1.165, 1.54) is 6.92 Å². The lowest BCUT2D eigenvalue weighted by molar-refractivity contribution is -0.131. The monoisotopic (exact) mass is 261 g/mol. The summed E-state index contributed by atoms with van der Waals surface area (Å²) in [7, 11) is 0. The van der Waals surface area contributed by atoms with Crippen LogP contribution >= 0.6 is 0 Å². The summed E-state index contributed by atoms with van der Waals surface area (Å²) in [5.41, 5.74) is 1.65. The van der Waals surface area contributed by atoms with Gasteiger partial charge in [0.2, 0.25) is 0 Å². The third kappa shape index (κ3) is 2.31. The zero-order chi connectivity index (χ0) is 14.0. The average molecular weight is 261 g/mol. The molecule has 100 valence electrons. The first kappa shape index (κ1) is 13.1. The molecule has 5 heteroatoms. The highest BCUT2D eigenvalue weighted by Crippen LogP contribution is 2.31. The zero-order valence-electron chi connectivity index (χ0n) is 11.1. The highest BCUT2D eigenvalue weighted by Gasteiger charge is 2.24. The first-order valence-electron chi connectivity index (χ1n) is 6.01. The molecule has 0 aromatic carbocycles. The van der Waals surface area contributed by atoms with Gasteiger partial charge in [-0.1, -0.05) is 6.07 Å². The van der Waals surface area contributed by atoms with Gasteiger partial charge in [-0.05, 0) is 26.0 Å². The Morgan fingerprint density at radius 3 is 2.68 bits per heavy atom. The fraction of sp³-hybridized carbons (Fsp3) is 0.286. The summed E-state index contributed by atoms with van der Waals surface area (Å²) in [6.45, 7) is 5.08. The van der Waals surface area contributed by atoms with E-state index in [-0.39, 0.29) is 12.4 Å². The maximum atomic E-state index is 12.0. The summed E-state index contributed by atoms with van der Waals surface area (Å²) in [5.74, 6) is -0.703. The van der Waals surface area contributed by atoms with Gasteiger partial charge in [-0.15, -0.1) is 0 Å². The van der Waals surface area contributed by atoms with E-state index in [0.29, 0.717) is 16.8 Å². The summed E-state index contributed by atoms with van der Waals surface area (Å²) in [6, 6.07) is 5.44. The quantitative estimate of drug-likeness (QED) is 0.796. The molecule has 0 saturated carbocycles. The molecule has 0 atom stereocenters. The summed E-state index contributed by atoms with van der Waals surface area (Å²) >= 11 is 0. The molecule has 0 aliphatic heterocycles. The number of aromatic nitrogens is 1. The Balaban J connectivity index is 2.68. The number of pyridine rings is 1. The molecule has 2 aromatic rings. The molecule has 0 bridgehead atoms. The van der Waals surface area contributed by atoms with E-state index < -0.39 is 11.9 Å². The number of carbonyl (C=O) groups is 2. The first-order chi connectivity index (χ1) is 9.06. The minimum Gasteiger partial charge on any atom is -0.462 e. The van der Waals surface area contributed by atoms with Crippen molar-refractivity contribution >= 4 is 17.5 Å². The van der Waals surface area contributed by atoms with Gasteiger partial charge in [-0.3, -0.25) is 4.79 Å². The fourth-order valence-corrected chi connectivity index (χ4v) is 2.02. The van der Waals surface area contributed by atoms with Crippen LogP contribution in [0.4, 0.5) is 0 Å². The molecule has 5 nitrogen and oxygen atoms in total. The van der Waals surface area contributed by atoms with Gasteiger partial charge in [-0.2, -0.15) is 0 Å². The molecule has 2 heterocycles. The van der Waals surface area contributed by atoms with Crippen molar-refractivity contribution in [2.24, 2.45) is 0 Å². The Morgan fingerprint density at radius 1 is 1.32 bits per heavy atom. The third-order valence-electron chi connectivity index (χ3n) is 2.77. The molecular weight excluding hydrogens is 246 g/mol. The molecule has 0 aliphatic carbocycles. The smallest absolute Gasteiger partial charge is 0.343 e. The van der Waals surface area contributed by atoms with Crippen LogP contribution in [0.15, 0.2) is 24.4 Å². The number of hydrogen-bond acceptors (Lipinski definition) is 4. The minimum absolute atomic E-state index is 0.254. The van der Waals surface area contributed by atoms with Crippen LogP contribution in [0.2, 0.25) is 0 Å². The number of nitrogens with zero attached hydrogens (tertiary/aromatic N) is 1.